The maximum atomic E-state index is 12.9. The third-order valence-electron chi connectivity index (χ3n) is 4.66. The van der Waals surface area contributed by atoms with E-state index in [1.807, 2.05) is 24.3 Å². The third-order valence-corrected chi connectivity index (χ3v) is 5.31. The first-order valence-electron chi connectivity index (χ1n) is 8.97. The van der Waals surface area contributed by atoms with Crippen molar-refractivity contribution in [3.63, 3.8) is 0 Å². The number of rotatable bonds is 5. The topological polar surface area (TPSA) is 32.8 Å². The molecular formula is C20H19Cl2F3N2O2. The number of hydrogen-bond acceptors (Lipinski definition) is 3. The van der Waals surface area contributed by atoms with Gasteiger partial charge in [0, 0.05) is 37.7 Å². The summed E-state index contributed by atoms with van der Waals surface area (Å²) >= 11 is 11.7. The Morgan fingerprint density at radius 1 is 1.00 bits per heavy atom. The molecule has 2 aromatic carbocycles. The van der Waals surface area contributed by atoms with Gasteiger partial charge in [-0.15, -0.1) is 0 Å². The summed E-state index contributed by atoms with van der Waals surface area (Å²) in [5, 5.41) is 0.144. The second-order valence-electron chi connectivity index (χ2n) is 6.69. The molecular weight excluding hydrogens is 428 g/mol. The van der Waals surface area contributed by atoms with Crippen molar-refractivity contribution in [3.05, 3.63) is 63.6 Å². The van der Waals surface area contributed by atoms with Crippen LogP contribution in [0.3, 0.4) is 0 Å². The number of piperazine rings is 1. The Balaban J connectivity index is 1.50. The van der Waals surface area contributed by atoms with E-state index in [9.17, 15) is 18.0 Å². The van der Waals surface area contributed by atoms with Gasteiger partial charge in [-0.05, 0) is 29.8 Å². The van der Waals surface area contributed by atoms with Crippen LogP contribution in [0.5, 0.6) is 5.75 Å². The largest absolute Gasteiger partial charge is 0.482 e. The van der Waals surface area contributed by atoms with Gasteiger partial charge in [0.15, 0.2) is 6.61 Å². The molecule has 3 rings (SSSR count). The van der Waals surface area contributed by atoms with Crippen LogP contribution in [0.1, 0.15) is 11.1 Å². The van der Waals surface area contributed by atoms with Crippen molar-refractivity contribution >= 4 is 29.1 Å². The maximum Gasteiger partial charge on any atom is 0.417 e. The molecule has 156 valence electrons. The number of alkyl halides is 3. The summed E-state index contributed by atoms with van der Waals surface area (Å²) in [6.07, 6.45) is -4.58. The first-order valence-corrected chi connectivity index (χ1v) is 9.73. The number of carbonyl (C=O) groups is 1. The number of ether oxygens (including phenoxy) is 1. The van der Waals surface area contributed by atoms with Gasteiger partial charge >= 0.3 is 6.18 Å². The van der Waals surface area contributed by atoms with Gasteiger partial charge in [-0.1, -0.05) is 41.4 Å². The van der Waals surface area contributed by atoms with Crippen molar-refractivity contribution in [2.75, 3.05) is 32.8 Å². The highest BCUT2D eigenvalue weighted by molar-refractivity contribution is 6.33. The van der Waals surface area contributed by atoms with Crippen LogP contribution in [0, 0.1) is 0 Å². The summed E-state index contributed by atoms with van der Waals surface area (Å²) < 4.78 is 44.0. The zero-order valence-corrected chi connectivity index (χ0v) is 16.9. The van der Waals surface area contributed by atoms with Crippen molar-refractivity contribution < 1.29 is 22.7 Å². The molecule has 0 aromatic heterocycles. The van der Waals surface area contributed by atoms with Gasteiger partial charge in [-0.3, -0.25) is 9.69 Å². The van der Waals surface area contributed by atoms with Gasteiger partial charge in [-0.2, -0.15) is 13.2 Å². The lowest BCUT2D eigenvalue weighted by Crippen LogP contribution is -2.49. The van der Waals surface area contributed by atoms with Crippen LogP contribution in [0.15, 0.2) is 42.5 Å². The average Bonchev–Trinajstić information content (AvgIpc) is 2.68. The first-order chi connectivity index (χ1) is 13.7. The van der Waals surface area contributed by atoms with Crippen LogP contribution >= 0.6 is 23.2 Å². The van der Waals surface area contributed by atoms with Gasteiger partial charge in [-0.25, -0.2) is 0 Å². The minimum atomic E-state index is -4.58. The predicted molar refractivity (Wildman–Crippen MR) is 105 cm³/mol. The molecule has 9 heteroatoms. The number of hydrogen-bond donors (Lipinski definition) is 0. The number of amides is 1. The Kier molecular flexibility index (Phi) is 6.93. The lowest BCUT2D eigenvalue weighted by molar-refractivity contribution is -0.137. The molecule has 4 nitrogen and oxygen atoms in total. The van der Waals surface area contributed by atoms with Gasteiger partial charge in [0.05, 0.1) is 10.6 Å². The van der Waals surface area contributed by atoms with Crippen LogP contribution in [0.4, 0.5) is 13.2 Å². The van der Waals surface area contributed by atoms with E-state index in [2.05, 4.69) is 4.90 Å². The summed E-state index contributed by atoms with van der Waals surface area (Å²) in [7, 11) is 0. The molecule has 0 saturated carbocycles. The summed E-state index contributed by atoms with van der Waals surface area (Å²) in [6.45, 7) is 2.82. The first kappa shape index (κ1) is 21.7. The van der Waals surface area contributed by atoms with Crippen LogP contribution in [-0.2, 0) is 17.5 Å². The molecule has 0 N–H and O–H groups in total. The molecule has 0 radical (unpaired) electrons. The molecule has 1 heterocycles. The van der Waals surface area contributed by atoms with E-state index in [0.717, 1.165) is 18.2 Å². The summed E-state index contributed by atoms with van der Waals surface area (Å²) in [5.41, 5.74) is 0.150. The Labute approximate surface area is 176 Å². The fraction of sp³-hybridized carbons (Fsp3) is 0.350. The number of carbonyl (C=O) groups excluding carboxylic acids is 1. The number of benzene rings is 2. The monoisotopic (exact) mass is 446 g/mol. The normalized spacial score (nSPS) is 15.4. The van der Waals surface area contributed by atoms with Crippen molar-refractivity contribution in [2.24, 2.45) is 0 Å². The summed E-state index contributed by atoms with van der Waals surface area (Å²) in [4.78, 5) is 16.2. The van der Waals surface area contributed by atoms with Crippen molar-refractivity contribution in [3.8, 4) is 5.75 Å². The molecule has 1 saturated heterocycles. The van der Waals surface area contributed by atoms with Crippen molar-refractivity contribution in [1.29, 1.82) is 0 Å². The second kappa shape index (κ2) is 9.24. The summed E-state index contributed by atoms with van der Waals surface area (Å²) in [5.74, 6) is -0.444. The number of nitrogens with zero attached hydrogens (tertiary/aromatic N) is 2. The Hall–Kier alpha value is -1.96. The fourth-order valence-corrected chi connectivity index (χ4v) is 3.49. The minimum Gasteiger partial charge on any atom is -0.482 e. The van der Waals surface area contributed by atoms with E-state index >= 15 is 0 Å². The molecule has 29 heavy (non-hydrogen) atoms. The van der Waals surface area contributed by atoms with Crippen LogP contribution in [0.2, 0.25) is 10.0 Å². The minimum absolute atomic E-state index is 0.156. The SMILES string of the molecule is O=C(COc1cccc(C(F)(F)F)c1Cl)N1CCN(Cc2ccc(Cl)cc2)CC1. The van der Waals surface area contributed by atoms with E-state index in [0.29, 0.717) is 31.2 Å². The van der Waals surface area contributed by atoms with Gasteiger partial charge in [0.25, 0.3) is 5.91 Å². The highest BCUT2D eigenvalue weighted by Gasteiger charge is 2.34. The van der Waals surface area contributed by atoms with E-state index < -0.39 is 16.8 Å². The molecule has 0 spiro atoms. The molecule has 0 unspecified atom stereocenters. The molecule has 0 bridgehead atoms. The molecule has 0 atom stereocenters. The van der Waals surface area contributed by atoms with E-state index in [1.165, 1.54) is 12.1 Å². The third kappa shape index (κ3) is 5.78. The van der Waals surface area contributed by atoms with Crippen LogP contribution in [0.25, 0.3) is 0 Å². The molecule has 1 aliphatic rings. The van der Waals surface area contributed by atoms with E-state index in [-0.39, 0.29) is 18.3 Å². The zero-order chi connectivity index (χ0) is 21.0. The van der Waals surface area contributed by atoms with Crippen LogP contribution in [-0.4, -0.2) is 48.5 Å². The molecule has 1 aliphatic heterocycles. The summed E-state index contributed by atoms with van der Waals surface area (Å²) in [6, 6.07) is 11.0. The van der Waals surface area contributed by atoms with Crippen molar-refractivity contribution in [2.45, 2.75) is 12.7 Å². The average molecular weight is 447 g/mol. The quantitative estimate of drug-likeness (QED) is 0.664. The zero-order valence-electron chi connectivity index (χ0n) is 15.4. The molecule has 1 amide bonds. The van der Waals surface area contributed by atoms with E-state index in [4.69, 9.17) is 27.9 Å². The standard InChI is InChI=1S/C20H19Cl2F3N2O2/c21-15-6-4-14(5-7-15)12-26-8-10-27(11-9-26)18(28)13-29-17-3-1-2-16(19(17)22)20(23,24)25/h1-7H,8-13H2. The molecule has 1 fully saturated rings. The maximum absolute atomic E-state index is 12.9. The van der Waals surface area contributed by atoms with E-state index in [1.54, 1.807) is 4.90 Å². The van der Waals surface area contributed by atoms with Gasteiger partial charge in [0.2, 0.25) is 0 Å². The highest BCUT2D eigenvalue weighted by Crippen LogP contribution is 2.39. The van der Waals surface area contributed by atoms with Crippen LogP contribution < -0.4 is 4.74 Å². The molecule has 0 aliphatic carbocycles. The lowest BCUT2D eigenvalue weighted by atomic mass is 10.2. The second-order valence-corrected chi connectivity index (χ2v) is 7.50. The smallest absolute Gasteiger partial charge is 0.417 e. The van der Waals surface area contributed by atoms with Crippen molar-refractivity contribution in [1.82, 2.24) is 9.80 Å². The predicted octanol–water partition coefficient (Wildman–Crippen LogP) is 4.74. The lowest BCUT2D eigenvalue weighted by Gasteiger charge is -2.34. The Morgan fingerprint density at radius 3 is 2.28 bits per heavy atom. The van der Waals surface area contributed by atoms with Gasteiger partial charge < -0.3 is 9.64 Å². The fourth-order valence-electron chi connectivity index (χ4n) is 3.08. The number of halogens is 5. The Bertz CT molecular complexity index is 852. The Morgan fingerprint density at radius 2 is 1.66 bits per heavy atom. The molecule has 2 aromatic rings. The van der Waals surface area contributed by atoms with Gasteiger partial charge in [0.1, 0.15) is 5.75 Å². The highest BCUT2D eigenvalue weighted by atomic mass is 35.5.